The summed E-state index contributed by atoms with van der Waals surface area (Å²) in [6, 6.07) is 3.20. The van der Waals surface area contributed by atoms with Gasteiger partial charge < -0.3 is 11.5 Å². The van der Waals surface area contributed by atoms with Crippen molar-refractivity contribution >= 4 is 11.6 Å². The van der Waals surface area contributed by atoms with E-state index in [4.69, 9.17) is 11.5 Å². The standard InChI is InChI=1S/C4H6N4/c5-3-1-2-4(6)8-7-3/h1-2H,(H2,5,7)(H2,6,8). The summed E-state index contributed by atoms with van der Waals surface area (Å²) in [6.07, 6.45) is 0. The molecule has 0 fully saturated rings. The maximum absolute atomic E-state index is 5.20. The number of nitrogens with zero attached hydrogens (tertiary/aromatic N) is 2. The van der Waals surface area contributed by atoms with Crippen LogP contribution < -0.4 is 11.5 Å². The monoisotopic (exact) mass is 110 g/mol. The molecule has 0 saturated heterocycles. The highest BCUT2D eigenvalue weighted by molar-refractivity contribution is 5.33. The minimum atomic E-state index is 0.388. The summed E-state index contributed by atoms with van der Waals surface area (Å²) in [6.45, 7) is 0. The van der Waals surface area contributed by atoms with Crippen molar-refractivity contribution < 1.29 is 0 Å². The zero-order chi connectivity index (χ0) is 5.98. The lowest BCUT2D eigenvalue weighted by molar-refractivity contribution is 1.05. The van der Waals surface area contributed by atoms with Gasteiger partial charge in [-0.05, 0) is 12.1 Å². The molecular weight excluding hydrogens is 104 g/mol. The third-order valence-electron chi connectivity index (χ3n) is 0.706. The van der Waals surface area contributed by atoms with Crippen LogP contribution in [0.3, 0.4) is 0 Å². The van der Waals surface area contributed by atoms with Crippen LogP contribution in [0, 0.1) is 0 Å². The number of aromatic nitrogens is 2. The fraction of sp³-hybridized carbons (Fsp3) is 0. The van der Waals surface area contributed by atoms with E-state index in [0.29, 0.717) is 11.6 Å². The molecule has 4 heteroatoms. The highest BCUT2D eigenvalue weighted by Gasteiger charge is 1.83. The maximum atomic E-state index is 5.20. The van der Waals surface area contributed by atoms with Crippen LogP contribution in [0.4, 0.5) is 11.6 Å². The first-order chi connectivity index (χ1) is 3.79. The van der Waals surface area contributed by atoms with E-state index in [1.54, 1.807) is 12.1 Å². The van der Waals surface area contributed by atoms with Crippen molar-refractivity contribution in [3.05, 3.63) is 12.1 Å². The molecule has 42 valence electrons. The van der Waals surface area contributed by atoms with Gasteiger partial charge in [0.05, 0.1) is 0 Å². The fourth-order valence-electron chi connectivity index (χ4n) is 0.353. The van der Waals surface area contributed by atoms with Crippen molar-refractivity contribution in [1.29, 1.82) is 0 Å². The second-order valence-corrected chi connectivity index (χ2v) is 1.38. The van der Waals surface area contributed by atoms with Crippen molar-refractivity contribution in [3.63, 3.8) is 0 Å². The van der Waals surface area contributed by atoms with Gasteiger partial charge in [0.2, 0.25) is 0 Å². The average Bonchev–Trinajstić information content (AvgIpc) is 1.77. The molecule has 0 radical (unpaired) electrons. The van der Waals surface area contributed by atoms with Crippen molar-refractivity contribution in [2.24, 2.45) is 0 Å². The van der Waals surface area contributed by atoms with E-state index in [-0.39, 0.29) is 0 Å². The molecule has 1 rings (SSSR count). The predicted molar refractivity (Wildman–Crippen MR) is 30.9 cm³/mol. The van der Waals surface area contributed by atoms with Crippen molar-refractivity contribution in [2.75, 3.05) is 11.5 Å². The van der Waals surface area contributed by atoms with Crippen LogP contribution in [0.15, 0.2) is 12.1 Å². The molecule has 0 bridgehead atoms. The van der Waals surface area contributed by atoms with Gasteiger partial charge in [0.1, 0.15) is 11.6 Å². The molecule has 1 aromatic heterocycles. The quantitative estimate of drug-likeness (QED) is 0.478. The summed E-state index contributed by atoms with van der Waals surface area (Å²) in [5.74, 6) is 0.776. The molecule has 4 nitrogen and oxygen atoms in total. The predicted octanol–water partition coefficient (Wildman–Crippen LogP) is -0.359. The molecule has 0 aromatic carbocycles. The van der Waals surface area contributed by atoms with Crippen LogP contribution in [-0.2, 0) is 0 Å². The SMILES string of the molecule is Nc1ccc(N)nn1. The van der Waals surface area contributed by atoms with Gasteiger partial charge in [0, 0.05) is 0 Å². The molecule has 0 aliphatic rings. The Morgan fingerprint density at radius 2 is 1.38 bits per heavy atom. The van der Waals surface area contributed by atoms with Crippen molar-refractivity contribution in [2.45, 2.75) is 0 Å². The molecule has 0 aliphatic heterocycles. The normalized spacial score (nSPS) is 9.00. The Labute approximate surface area is 46.5 Å². The minimum absolute atomic E-state index is 0.388. The molecule has 4 N–H and O–H groups in total. The summed E-state index contributed by atoms with van der Waals surface area (Å²) in [5.41, 5.74) is 10.4. The largest absolute Gasteiger partial charge is 0.382 e. The summed E-state index contributed by atoms with van der Waals surface area (Å²) in [4.78, 5) is 0. The van der Waals surface area contributed by atoms with Crippen LogP contribution in [-0.4, -0.2) is 10.2 Å². The molecule has 0 atom stereocenters. The molecule has 1 heterocycles. The number of rotatable bonds is 0. The van der Waals surface area contributed by atoms with E-state index in [1.165, 1.54) is 0 Å². The second-order valence-electron chi connectivity index (χ2n) is 1.38. The van der Waals surface area contributed by atoms with Gasteiger partial charge >= 0.3 is 0 Å². The van der Waals surface area contributed by atoms with Gasteiger partial charge in [-0.15, -0.1) is 10.2 Å². The number of hydrogen-bond acceptors (Lipinski definition) is 4. The van der Waals surface area contributed by atoms with Gasteiger partial charge in [-0.3, -0.25) is 0 Å². The molecule has 0 saturated carbocycles. The molecule has 8 heavy (non-hydrogen) atoms. The third kappa shape index (κ3) is 0.841. The zero-order valence-corrected chi connectivity index (χ0v) is 4.20. The van der Waals surface area contributed by atoms with Gasteiger partial charge in [0.15, 0.2) is 0 Å². The van der Waals surface area contributed by atoms with E-state index in [0.717, 1.165) is 0 Å². The summed E-state index contributed by atoms with van der Waals surface area (Å²) in [5, 5.41) is 6.96. The lowest BCUT2D eigenvalue weighted by atomic mass is 10.5. The van der Waals surface area contributed by atoms with Gasteiger partial charge in [-0.25, -0.2) is 0 Å². The molecule has 0 spiro atoms. The minimum Gasteiger partial charge on any atom is -0.382 e. The lowest BCUT2D eigenvalue weighted by Crippen LogP contribution is -1.95. The summed E-state index contributed by atoms with van der Waals surface area (Å²) in [7, 11) is 0. The van der Waals surface area contributed by atoms with Gasteiger partial charge in [-0.2, -0.15) is 0 Å². The lowest BCUT2D eigenvalue weighted by Gasteiger charge is -1.88. The average molecular weight is 110 g/mol. The van der Waals surface area contributed by atoms with Crippen molar-refractivity contribution in [3.8, 4) is 0 Å². The number of nitrogen functional groups attached to an aromatic ring is 2. The van der Waals surface area contributed by atoms with E-state index in [9.17, 15) is 0 Å². The van der Waals surface area contributed by atoms with E-state index in [2.05, 4.69) is 10.2 Å². The highest BCUT2D eigenvalue weighted by atomic mass is 15.2. The Kier molecular flexibility index (Phi) is 0.997. The van der Waals surface area contributed by atoms with Gasteiger partial charge in [0.25, 0.3) is 0 Å². The first-order valence-corrected chi connectivity index (χ1v) is 2.14. The smallest absolute Gasteiger partial charge is 0.146 e. The summed E-state index contributed by atoms with van der Waals surface area (Å²) < 4.78 is 0. The van der Waals surface area contributed by atoms with E-state index < -0.39 is 0 Å². The third-order valence-corrected chi connectivity index (χ3v) is 0.706. The Hall–Kier alpha value is -1.32. The van der Waals surface area contributed by atoms with Crippen LogP contribution in [0.5, 0.6) is 0 Å². The van der Waals surface area contributed by atoms with Crippen LogP contribution in [0.2, 0.25) is 0 Å². The number of nitrogens with two attached hydrogens (primary N) is 2. The molecular formula is C4H6N4. The molecule has 0 amide bonds. The number of anilines is 2. The summed E-state index contributed by atoms with van der Waals surface area (Å²) >= 11 is 0. The second kappa shape index (κ2) is 1.65. The maximum Gasteiger partial charge on any atom is 0.146 e. The fourth-order valence-corrected chi connectivity index (χ4v) is 0.353. The van der Waals surface area contributed by atoms with Gasteiger partial charge in [-0.1, -0.05) is 0 Å². The Balaban J connectivity index is 3.03. The Morgan fingerprint density at radius 3 is 1.62 bits per heavy atom. The number of hydrogen-bond donors (Lipinski definition) is 2. The van der Waals surface area contributed by atoms with Crippen LogP contribution >= 0.6 is 0 Å². The Bertz CT molecular complexity index is 147. The Morgan fingerprint density at radius 1 is 1.00 bits per heavy atom. The molecule has 0 unspecified atom stereocenters. The van der Waals surface area contributed by atoms with E-state index >= 15 is 0 Å². The molecule has 1 aromatic rings. The highest BCUT2D eigenvalue weighted by Crippen LogP contribution is 1.95. The first kappa shape index (κ1) is 4.83. The first-order valence-electron chi connectivity index (χ1n) is 2.14. The van der Waals surface area contributed by atoms with Crippen LogP contribution in [0.1, 0.15) is 0 Å². The van der Waals surface area contributed by atoms with Crippen molar-refractivity contribution in [1.82, 2.24) is 10.2 Å². The van der Waals surface area contributed by atoms with E-state index in [1.807, 2.05) is 0 Å². The molecule has 0 aliphatic carbocycles. The van der Waals surface area contributed by atoms with Crippen LogP contribution in [0.25, 0.3) is 0 Å². The topological polar surface area (TPSA) is 77.8 Å². The zero-order valence-electron chi connectivity index (χ0n) is 4.20.